The van der Waals surface area contributed by atoms with Gasteiger partial charge in [0, 0.05) is 6.42 Å². The highest BCUT2D eigenvalue weighted by molar-refractivity contribution is 5.75. The zero-order chi connectivity index (χ0) is 27.1. The minimum absolute atomic E-state index is 0.214. The highest BCUT2D eigenvalue weighted by Crippen LogP contribution is 2.19. The van der Waals surface area contributed by atoms with Crippen LogP contribution in [0.15, 0.2) is 84.9 Å². The van der Waals surface area contributed by atoms with Gasteiger partial charge in [0.25, 0.3) is 0 Å². The van der Waals surface area contributed by atoms with Crippen molar-refractivity contribution >= 4 is 5.97 Å². The van der Waals surface area contributed by atoms with Crippen LogP contribution in [0.1, 0.15) is 11.1 Å². The maximum absolute atomic E-state index is 12.7. The molecule has 0 heterocycles. The van der Waals surface area contributed by atoms with Crippen LogP contribution >= 0.6 is 0 Å². The second kappa shape index (κ2) is 15.8. The fourth-order valence-corrected chi connectivity index (χ4v) is 3.72. The van der Waals surface area contributed by atoms with E-state index >= 15 is 0 Å². The molecule has 0 amide bonds. The molecule has 0 fully saturated rings. The number of ether oxygens (including phenoxy) is 5. The van der Waals surface area contributed by atoms with E-state index in [-0.39, 0.29) is 18.6 Å². The summed E-state index contributed by atoms with van der Waals surface area (Å²) in [6.07, 6.45) is 0.631. The van der Waals surface area contributed by atoms with Crippen molar-refractivity contribution in [2.75, 3.05) is 60.8 Å². The van der Waals surface area contributed by atoms with E-state index in [1.165, 1.54) is 0 Å². The van der Waals surface area contributed by atoms with E-state index in [0.717, 1.165) is 22.6 Å². The number of rotatable bonds is 17. The third-order valence-corrected chi connectivity index (χ3v) is 5.89. The Balaban J connectivity index is 1.21. The molecule has 0 aliphatic rings. The molecule has 0 spiro atoms. The molecule has 38 heavy (non-hydrogen) atoms. The Hall–Kier alpha value is -3.39. The number of hydrogen-bond donors (Lipinski definition) is 0. The van der Waals surface area contributed by atoms with Gasteiger partial charge in [-0.15, -0.1) is 0 Å². The maximum Gasteiger partial charge on any atom is 0.365 e. The SMILES string of the molecule is C[N+](C)(C)C(Cc1ccccc1)C(=O)OCCOCCOCCOc1ccc(OCc2ccccc2)cc1. The van der Waals surface area contributed by atoms with Crippen LogP contribution in [-0.2, 0) is 32.0 Å². The van der Waals surface area contributed by atoms with E-state index < -0.39 is 0 Å². The molecule has 3 rings (SSSR count). The predicted octanol–water partition coefficient (Wildman–Crippen LogP) is 4.54. The Bertz CT molecular complexity index is 1050. The Morgan fingerprint density at radius 1 is 0.632 bits per heavy atom. The fraction of sp³-hybridized carbons (Fsp3) is 0.387. The van der Waals surface area contributed by atoms with E-state index in [2.05, 4.69) is 0 Å². The van der Waals surface area contributed by atoms with Gasteiger partial charge in [0.2, 0.25) is 0 Å². The number of carbonyl (C=O) groups excluding carboxylic acids is 1. The first-order valence-electron chi connectivity index (χ1n) is 13.0. The summed E-state index contributed by atoms with van der Waals surface area (Å²) in [5, 5.41) is 0. The lowest BCUT2D eigenvalue weighted by molar-refractivity contribution is -0.887. The highest BCUT2D eigenvalue weighted by Gasteiger charge is 2.33. The summed E-state index contributed by atoms with van der Waals surface area (Å²) in [6, 6.07) is 27.3. The van der Waals surface area contributed by atoms with Crippen molar-refractivity contribution in [3.05, 3.63) is 96.1 Å². The van der Waals surface area contributed by atoms with Crippen LogP contribution in [0.3, 0.4) is 0 Å². The van der Waals surface area contributed by atoms with Crippen molar-refractivity contribution in [1.29, 1.82) is 0 Å². The molecule has 204 valence electrons. The van der Waals surface area contributed by atoms with Gasteiger partial charge >= 0.3 is 5.97 Å². The van der Waals surface area contributed by atoms with Crippen molar-refractivity contribution in [2.45, 2.75) is 19.1 Å². The monoisotopic (exact) mass is 522 g/mol. The minimum Gasteiger partial charge on any atom is -0.491 e. The Labute approximate surface area is 226 Å². The molecule has 0 radical (unpaired) electrons. The van der Waals surface area contributed by atoms with Gasteiger partial charge in [0.05, 0.1) is 47.6 Å². The van der Waals surface area contributed by atoms with Gasteiger partial charge in [0.15, 0.2) is 6.04 Å². The first-order chi connectivity index (χ1) is 18.4. The molecule has 7 nitrogen and oxygen atoms in total. The van der Waals surface area contributed by atoms with Gasteiger partial charge in [-0.2, -0.15) is 0 Å². The number of nitrogens with zero attached hydrogens (tertiary/aromatic N) is 1. The standard InChI is InChI=1S/C31H40NO6/c1-32(2,3)30(24-26-10-6-4-7-11-26)31(33)37-23-21-35-19-18-34-20-22-36-28-14-16-29(17-15-28)38-25-27-12-8-5-9-13-27/h4-17,30H,18-25H2,1-3H3/q+1. The number of hydrogen-bond acceptors (Lipinski definition) is 6. The van der Waals surface area contributed by atoms with Crippen molar-refractivity contribution in [3.8, 4) is 11.5 Å². The third kappa shape index (κ3) is 10.9. The molecule has 3 aromatic carbocycles. The Kier molecular flexibility index (Phi) is 12.1. The van der Waals surface area contributed by atoms with Gasteiger partial charge in [-0.05, 0) is 35.4 Å². The Morgan fingerprint density at radius 3 is 1.71 bits per heavy atom. The van der Waals surface area contributed by atoms with Crippen molar-refractivity contribution in [3.63, 3.8) is 0 Å². The number of likely N-dealkylation sites (N-methyl/N-ethyl adjacent to an activating group) is 1. The van der Waals surface area contributed by atoms with Gasteiger partial charge in [0.1, 0.15) is 31.3 Å². The smallest absolute Gasteiger partial charge is 0.365 e. The largest absolute Gasteiger partial charge is 0.491 e. The van der Waals surface area contributed by atoms with Crippen LogP contribution < -0.4 is 9.47 Å². The van der Waals surface area contributed by atoms with Crippen LogP contribution in [0.5, 0.6) is 11.5 Å². The van der Waals surface area contributed by atoms with Crippen LogP contribution in [0, 0.1) is 0 Å². The molecule has 7 heteroatoms. The van der Waals surface area contributed by atoms with Gasteiger partial charge < -0.3 is 28.2 Å². The number of benzene rings is 3. The molecular weight excluding hydrogens is 482 g/mol. The van der Waals surface area contributed by atoms with E-state index in [0.29, 0.717) is 50.5 Å². The highest BCUT2D eigenvalue weighted by atomic mass is 16.6. The lowest BCUT2D eigenvalue weighted by Crippen LogP contribution is -2.51. The van der Waals surface area contributed by atoms with E-state index in [9.17, 15) is 4.79 Å². The molecule has 0 saturated carbocycles. The topological polar surface area (TPSA) is 63.2 Å². The van der Waals surface area contributed by atoms with E-state index in [1.54, 1.807) is 0 Å². The third-order valence-electron chi connectivity index (χ3n) is 5.89. The molecule has 0 saturated heterocycles. The van der Waals surface area contributed by atoms with Crippen molar-refractivity contribution < 1.29 is 33.0 Å². The summed E-state index contributed by atoms with van der Waals surface area (Å²) < 4.78 is 28.6. The first kappa shape index (κ1) is 29.2. The molecular formula is C31H40NO6+. The van der Waals surface area contributed by atoms with Crippen LogP contribution in [-0.4, -0.2) is 77.3 Å². The normalized spacial score (nSPS) is 12.1. The summed E-state index contributed by atoms with van der Waals surface area (Å²) in [5.41, 5.74) is 2.24. The average Bonchev–Trinajstić information content (AvgIpc) is 2.92. The lowest BCUT2D eigenvalue weighted by Gasteiger charge is -2.32. The summed E-state index contributed by atoms with van der Waals surface area (Å²) in [6.45, 7) is 2.85. The zero-order valence-corrected chi connectivity index (χ0v) is 22.7. The Morgan fingerprint density at radius 2 is 1.13 bits per heavy atom. The predicted molar refractivity (Wildman–Crippen MR) is 147 cm³/mol. The van der Waals surface area contributed by atoms with Crippen molar-refractivity contribution in [2.24, 2.45) is 0 Å². The number of quaternary nitrogens is 1. The van der Waals surface area contributed by atoms with Crippen molar-refractivity contribution in [1.82, 2.24) is 0 Å². The zero-order valence-electron chi connectivity index (χ0n) is 22.7. The maximum atomic E-state index is 12.7. The lowest BCUT2D eigenvalue weighted by atomic mass is 10.0. The molecule has 3 aromatic rings. The number of esters is 1. The molecule has 1 atom stereocenters. The minimum atomic E-state index is -0.279. The fourth-order valence-electron chi connectivity index (χ4n) is 3.72. The van der Waals surface area contributed by atoms with Crippen LogP contribution in [0.25, 0.3) is 0 Å². The second-order valence-corrected chi connectivity index (χ2v) is 9.81. The van der Waals surface area contributed by atoms with Gasteiger partial charge in [-0.3, -0.25) is 0 Å². The molecule has 1 unspecified atom stereocenters. The van der Waals surface area contributed by atoms with Crippen LogP contribution in [0.4, 0.5) is 0 Å². The summed E-state index contributed by atoms with van der Waals surface area (Å²) in [7, 11) is 6.01. The quantitative estimate of drug-likeness (QED) is 0.147. The van der Waals surface area contributed by atoms with E-state index in [1.807, 2.05) is 106 Å². The van der Waals surface area contributed by atoms with Crippen LogP contribution in [0.2, 0.25) is 0 Å². The molecule has 0 bridgehead atoms. The summed E-state index contributed by atoms with van der Waals surface area (Å²) in [5.74, 6) is 1.34. The average molecular weight is 523 g/mol. The molecule has 0 aliphatic carbocycles. The van der Waals surface area contributed by atoms with Gasteiger partial charge in [-0.25, -0.2) is 4.79 Å². The van der Waals surface area contributed by atoms with Gasteiger partial charge in [-0.1, -0.05) is 60.7 Å². The first-order valence-corrected chi connectivity index (χ1v) is 13.0. The second-order valence-electron chi connectivity index (χ2n) is 9.81. The molecule has 0 aliphatic heterocycles. The molecule has 0 aromatic heterocycles. The molecule has 0 N–H and O–H groups in total. The summed E-state index contributed by atoms with van der Waals surface area (Å²) >= 11 is 0. The van der Waals surface area contributed by atoms with E-state index in [4.69, 9.17) is 23.7 Å². The summed E-state index contributed by atoms with van der Waals surface area (Å²) in [4.78, 5) is 12.7. The number of carbonyl (C=O) groups is 1.